The molecule has 0 bridgehead atoms. The Kier molecular flexibility index (Phi) is 5.65. The van der Waals surface area contributed by atoms with E-state index >= 15 is 0 Å². The molecule has 26 heavy (non-hydrogen) atoms. The molecule has 0 aromatic heterocycles. The molecule has 0 atom stereocenters. The van der Waals surface area contributed by atoms with E-state index in [1.807, 2.05) is 12.1 Å². The third-order valence-electron chi connectivity index (χ3n) is 4.32. The van der Waals surface area contributed by atoms with E-state index in [9.17, 15) is 9.59 Å². The van der Waals surface area contributed by atoms with Gasteiger partial charge in [-0.2, -0.15) is 0 Å². The third kappa shape index (κ3) is 3.34. The molecular weight excluding hydrogens is 332 g/mol. The normalized spacial score (nSPS) is 12.5. The fourth-order valence-electron chi connectivity index (χ4n) is 3.11. The Morgan fingerprint density at radius 2 is 1.19 bits per heavy atom. The summed E-state index contributed by atoms with van der Waals surface area (Å²) >= 11 is 0. The number of fused-ring (bicyclic) bond motifs is 2. The third-order valence-corrected chi connectivity index (χ3v) is 4.32. The van der Waals surface area contributed by atoms with Crippen LogP contribution in [0.15, 0.2) is 36.4 Å². The van der Waals surface area contributed by atoms with Crippen LogP contribution in [0.5, 0.6) is 0 Å². The van der Waals surface area contributed by atoms with Crippen LogP contribution in [0.4, 0.5) is 11.4 Å². The van der Waals surface area contributed by atoms with E-state index in [4.69, 9.17) is 9.47 Å². The number of hydrogen-bond donors (Lipinski definition) is 2. The highest BCUT2D eigenvalue weighted by Crippen LogP contribution is 2.35. The average Bonchev–Trinajstić information content (AvgIpc) is 2.66. The summed E-state index contributed by atoms with van der Waals surface area (Å²) in [5, 5.41) is 6.38. The number of ketones is 2. The van der Waals surface area contributed by atoms with E-state index in [1.54, 1.807) is 38.5 Å². The molecular formula is C20H22N2O4. The van der Waals surface area contributed by atoms with Gasteiger partial charge in [-0.1, -0.05) is 24.3 Å². The van der Waals surface area contributed by atoms with Gasteiger partial charge in [-0.25, -0.2) is 0 Å². The summed E-state index contributed by atoms with van der Waals surface area (Å²) < 4.78 is 10.1. The highest BCUT2D eigenvalue weighted by atomic mass is 16.5. The predicted molar refractivity (Wildman–Crippen MR) is 100 cm³/mol. The molecule has 0 saturated carbocycles. The van der Waals surface area contributed by atoms with Crippen molar-refractivity contribution in [1.82, 2.24) is 0 Å². The molecule has 0 aliphatic heterocycles. The van der Waals surface area contributed by atoms with Crippen molar-refractivity contribution in [3.8, 4) is 0 Å². The van der Waals surface area contributed by atoms with E-state index < -0.39 is 0 Å². The van der Waals surface area contributed by atoms with Gasteiger partial charge in [-0.3, -0.25) is 9.59 Å². The van der Waals surface area contributed by atoms with Crippen molar-refractivity contribution in [3.63, 3.8) is 0 Å². The largest absolute Gasteiger partial charge is 0.383 e. The summed E-state index contributed by atoms with van der Waals surface area (Å²) in [5.74, 6) is -0.295. The zero-order valence-electron chi connectivity index (χ0n) is 14.9. The van der Waals surface area contributed by atoms with Gasteiger partial charge in [-0.05, 0) is 12.1 Å². The van der Waals surface area contributed by atoms with Crippen LogP contribution in [-0.2, 0) is 9.47 Å². The van der Waals surface area contributed by atoms with Gasteiger partial charge in [-0.15, -0.1) is 0 Å². The molecule has 1 aliphatic rings. The summed E-state index contributed by atoms with van der Waals surface area (Å²) in [6.45, 7) is 2.11. The summed E-state index contributed by atoms with van der Waals surface area (Å²) in [6.07, 6.45) is 0. The van der Waals surface area contributed by atoms with Crippen molar-refractivity contribution in [1.29, 1.82) is 0 Å². The van der Waals surface area contributed by atoms with Gasteiger partial charge in [0.2, 0.25) is 0 Å². The van der Waals surface area contributed by atoms with E-state index in [0.717, 1.165) is 0 Å². The molecule has 1 aliphatic carbocycles. The first kappa shape index (κ1) is 18.1. The van der Waals surface area contributed by atoms with E-state index in [1.165, 1.54) is 0 Å². The molecule has 0 radical (unpaired) electrons. The SMILES string of the molecule is COCCNc1cccc2c1C(=O)c1c(NCCOC)cccc1C2=O. The molecule has 136 valence electrons. The smallest absolute Gasteiger partial charge is 0.198 e. The van der Waals surface area contributed by atoms with Crippen molar-refractivity contribution in [2.45, 2.75) is 0 Å². The van der Waals surface area contributed by atoms with Crippen LogP contribution in [0.3, 0.4) is 0 Å². The summed E-state index contributed by atoms with van der Waals surface area (Å²) in [4.78, 5) is 26.2. The van der Waals surface area contributed by atoms with Crippen molar-refractivity contribution in [2.24, 2.45) is 0 Å². The number of carbonyl (C=O) groups excluding carboxylic acids is 2. The number of carbonyl (C=O) groups is 2. The fraction of sp³-hybridized carbons (Fsp3) is 0.300. The molecule has 0 spiro atoms. The summed E-state index contributed by atoms with van der Waals surface area (Å²) in [5.41, 5.74) is 2.99. The minimum absolute atomic E-state index is 0.139. The second-order valence-corrected chi connectivity index (χ2v) is 5.95. The molecule has 0 heterocycles. The van der Waals surface area contributed by atoms with Gasteiger partial charge in [0.15, 0.2) is 11.6 Å². The minimum atomic E-state index is -0.157. The maximum absolute atomic E-state index is 13.3. The molecule has 2 aromatic carbocycles. The van der Waals surface area contributed by atoms with Crippen LogP contribution in [-0.4, -0.2) is 52.1 Å². The van der Waals surface area contributed by atoms with Crippen LogP contribution in [0, 0.1) is 0 Å². The number of benzene rings is 2. The average molecular weight is 354 g/mol. The standard InChI is InChI=1S/C20H22N2O4/c1-25-11-9-21-15-7-3-5-13-17(15)20(24)18-14(19(13)23)6-4-8-16(18)22-10-12-26-2/h3-8,21-22H,9-12H2,1-2H3. The highest BCUT2D eigenvalue weighted by Gasteiger charge is 2.33. The Bertz CT molecular complexity index is 767. The van der Waals surface area contributed by atoms with Gasteiger partial charge in [0, 0.05) is 49.8 Å². The maximum Gasteiger partial charge on any atom is 0.198 e. The number of nitrogens with one attached hydrogen (secondary N) is 2. The van der Waals surface area contributed by atoms with Crippen LogP contribution in [0.25, 0.3) is 0 Å². The lowest BCUT2D eigenvalue weighted by Gasteiger charge is -2.23. The van der Waals surface area contributed by atoms with Gasteiger partial charge < -0.3 is 20.1 Å². The Morgan fingerprint density at radius 3 is 1.62 bits per heavy atom. The Morgan fingerprint density at radius 1 is 0.731 bits per heavy atom. The molecule has 2 N–H and O–H groups in total. The maximum atomic E-state index is 13.3. The lowest BCUT2D eigenvalue weighted by molar-refractivity contribution is 0.0980. The first-order chi connectivity index (χ1) is 12.7. The topological polar surface area (TPSA) is 76.7 Å². The first-order valence-corrected chi connectivity index (χ1v) is 8.50. The monoisotopic (exact) mass is 354 g/mol. The molecule has 2 aromatic rings. The predicted octanol–water partition coefficient (Wildman–Crippen LogP) is 2.58. The van der Waals surface area contributed by atoms with Crippen molar-refractivity contribution in [3.05, 3.63) is 58.7 Å². The lowest BCUT2D eigenvalue weighted by atomic mass is 9.82. The quantitative estimate of drug-likeness (QED) is 0.606. The Labute approximate surface area is 152 Å². The van der Waals surface area contributed by atoms with Gasteiger partial charge in [0.1, 0.15) is 0 Å². The number of ether oxygens (including phenoxy) is 2. The molecule has 0 saturated heterocycles. The highest BCUT2D eigenvalue weighted by molar-refractivity contribution is 6.31. The Hall–Kier alpha value is -2.70. The second kappa shape index (κ2) is 8.12. The minimum Gasteiger partial charge on any atom is -0.383 e. The molecule has 6 nitrogen and oxygen atoms in total. The van der Waals surface area contributed by atoms with Crippen LogP contribution in [0.2, 0.25) is 0 Å². The van der Waals surface area contributed by atoms with Crippen molar-refractivity contribution >= 4 is 22.9 Å². The van der Waals surface area contributed by atoms with Gasteiger partial charge >= 0.3 is 0 Å². The zero-order chi connectivity index (χ0) is 18.5. The Balaban J connectivity index is 2.02. The summed E-state index contributed by atoms with van der Waals surface area (Å²) in [7, 11) is 3.23. The van der Waals surface area contributed by atoms with E-state index in [-0.39, 0.29) is 11.6 Å². The molecule has 6 heteroatoms. The molecule has 0 amide bonds. The van der Waals surface area contributed by atoms with E-state index in [0.29, 0.717) is 59.9 Å². The van der Waals surface area contributed by atoms with Crippen LogP contribution in [0.1, 0.15) is 31.8 Å². The summed E-state index contributed by atoms with van der Waals surface area (Å²) in [6, 6.07) is 10.6. The second-order valence-electron chi connectivity index (χ2n) is 5.95. The fourth-order valence-corrected chi connectivity index (χ4v) is 3.11. The number of hydrogen-bond acceptors (Lipinski definition) is 6. The first-order valence-electron chi connectivity index (χ1n) is 8.50. The number of anilines is 2. The van der Waals surface area contributed by atoms with Gasteiger partial charge in [0.05, 0.1) is 24.3 Å². The van der Waals surface area contributed by atoms with Gasteiger partial charge in [0.25, 0.3) is 0 Å². The molecule has 0 fully saturated rings. The van der Waals surface area contributed by atoms with Crippen molar-refractivity contribution in [2.75, 3.05) is 51.2 Å². The van der Waals surface area contributed by atoms with Crippen molar-refractivity contribution < 1.29 is 19.1 Å². The van der Waals surface area contributed by atoms with Crippen LogP contribution >= 0.6 is 0 Å². The van der Waals surface area contributed by atoms with E-state index in [2.05, 4.69) is 10.6 Å². The van der Waals surface area contributed by atoms with Crippen LogP contribution < -0.4 is 10.6 Å². The number of methoxy groups -OCH3 is 2. The zero-order valence-corrected chi connectivity index (χ0v) is 14.9. The molecule has 0 unspecified atom stereocenters. The molecule has 3 rings (SSSR count). The number of rotatable bonds is 8. The lowest BCUT2D eigenvalue weighted by Crippen LogP contribution is -2.25.